The van der Waals surface area contributed by atoms with Crippen molar-refractivity contribution in [3.8, 4) is 0 Å². The standard InChI is InChI=1S/C27H38ClN3O4S/c1-7-24(26(33)29-27(3,4)5)30(19-21-13-15-22(28)16-14-21)25(32)12-9-17-31(36(6,34)35)23-11-8-10-20(2)18-23/h8,10-11,13-16,18,24H,7,9,12,17,19H2,1-6H3,(H,29,33)/t24-/m0/s1. The normalized spacial score (nSPS) is 12.6. The smallest absolute Gasteiger partial charge is 0.243 e. The first-order valence-corrected chi connectivity index (χ1v) is 14.3. The van der Waals surface area contributed by atoms with Crippen LogP contribution < -0.4 is 9.62 Å². The number of amides is 2. The predicted octanol–water partition coefficient (Wildman–Crippen LogP) is 4.92. The molecule has 2 amide bonds. The summed E-state index contributed by atoms with van der Waals surface area (Å²) in [6, 6.07) is 13.8. The minimum absolute atomic E-state index is 0.102. The van der Waals surface area contributed by atoms with E-state index in [1.165, 1.54) is 4.31 Å². The van der Waals surface area contributed by atoms with Gasteiger partial charge in [0.1, 0.15) is 6.04 Å². The number of nitrogens with one attached hydrogen (secondary N) is 1. The van der Waals surface area contributed by atoms with E-state index in [1.807, 2.05) is 58.9 Å². The van der Waals surface area contributed by atoms with E-state index in [9.17, 15) is 18.0 Å². The molecule has 0 aliphatic carbocycles. The van der Waals surface area contributed by atoms with Gasteiger partial charge in [-0.15, -0.1) is 0 Å². The molecule has 0 saturated carbocycles. The molecule has 0 heterocycles. The minimum Gasteiger partial charge on any atom is -0.350 e. The second kappa shape index (κ2) is 12.6. The van der Waals surface area contributed by atoms with E-state index in [0.717, 1.165) is 17.4 Å². The highest BCUT2D eigenvalue weighted by atomic mass is 35.5. The Hall–Kier alpha value is -2.58. The molecule has 0 spiro atoms. The Balaban J connectivity index is 2.23. The van der Waals surface area contributed by atoms with Gasteiger partial charge in [0.05, 0.1) is 11.9 Å². The van der Waals surface area contributed by atoms with Crippen molar-refractivity contribution < 1.29 is 18.0 Å². The van der Waals surface area contributed by atoms with Gasteiger partial charge in [0, 0.05) is 30.1 Å². The van der Waals surface area contributed by atoms with Crippen LogP contribution in [0.15, 0.2) is 48.5 Å². The van der Waals surface area contributed by atoms with Crippen molar-refractivity contribution in [1.82, 2.24) is 10.2 Å². The van der Waals surface area contributed by atoms with Crippen molar-refractivity contribution in [2.75, 3.05) is 17.1 Å². The molecule has 0 aliphatic rings. The number of nitrogens with zero attached hydrogens (tertiary/aromatic N) is 2. The second-order valence-electron chi connectivity index (χ2n) is 10.1. The monoisotopic (exact) mass is 535 g/mol. The van der Waals surface area contributed by atoms with E-state index >= 15 is 0 Å². The Kier molecular flexibility index (Phi) is 10.4. The third kappa shape index (κ3) is 9.13. The molecule has 0 radical (unpaired) electrons. The van der Waals surface area contributed by atoms with Crippen molar-refractivity contribution in [1.29, 1.82) is 0 Å². The molecular weight excluding hydrogens is 498 g/mol. The molecule has 0 saturated heterocycles. The first-order valence-electron chi connectivity index (χ1n) is 12.1. The van der Waals surface area contributed by atoms with Crippen LogP contribution in [0.4, 0.5) is 5.69 Å². The summed E-state index contributed by atoms with van der Waals surface area (Å²) < 4.78 is 26.2. The van der Waals surface area contributed by atoms with E-state index in [1.54, 1.807) is 29.2 Å². The molecule has 2 rings (SSSR count). The van der Waals surface area contributed by atoms with Gasteiger partial charge in [-0.3, -0.25) is 13.9 Å². The van der Waals surface area contributed by atoms with Crippen LogP contribution in [0.2, 0.25) is 5.02 Å². The van der Waals surface area contributed by atoms with Crippen LogP contribution in [0.5, 0.6) is 0 Å². The van der Waals surface area contributed by atoms with E-state index in [0.29, 0.717) is 23.6 Å². The van der Waals surface area contributed by atoms with Gasteiger partial charge in [-0.2, -0.15) is 0 Å². The number of carbonyl (C=O) groups excluding carboxylic acids is 2. The minimum atomic E-state index is -3.53. The number of carbonyl (C=O) groups is 2. The fraction of sp³-hybridized carbons (Fsp3) is 0.481. The molecule has 1 atom stereocenters. The van der Waals surface area contributed by atoms with Crippen LogP contribution >= 0.6 is 11.6 Å². The summed E-state index contributed by atoms with van der Waals surface area (Å²) in [5.74, 6) is -0.427. The third-order valence-electron chi connectivity index (χ3n) is 5.59. The number of halogens is 1. The average Bonchev–Trinajstić information content (AvgIpc) is 2.75. The number of anilines is 1. The van der Waals surface area contributed by atoms with Crippen LogP contribution in [0.1, 0.15) is 58.1 Å². The summed E-state index contributed by atoms with van der Waals surface area (Å²) in [7, 11) is -3.53. The lowest BCUT2D eigenvalue weighted by Gasteiger charge is -2.33. The fourth-order valence-electron chi connectivity index (χ4n) is 3.95. The molecule has 9 heteroatoms. The van der Waals surface area contributed by atoms with Crippen LogP contribution in [0.25, 0.3) is 0 Å². The molecule has 2 aromatic carbocycles. The summed E-state index contributed by atoms with van der Waals surface area (Å²) in [5, 5.41) is 3.57. The zero-order valence-corrected chi connectivity index (χ0v) is 23.6. The van der Waals surface area contributed by atoms with Crippen LogP contribution in [0.3, 0.4) is 0 Å². The van der Waals surface area contributed by atoms with Gasteiger partial charge in [0.15, 0.2) is 0 Å². The fourth-order valence-corrected chi connectivity index (χ4v) is 5.03. The van der Waals surface area contributed by atoms with Gasteiger partial charge >= 0.3 is 0 Å². The van der Waals surface area contributed by atoms with Gasteiger partial charge < -0.3 is 10.2 Å². The van der Waals surface area contributed by atoms with Gasteiger partial charge in [0.2, 0.25) is 21.8 Å². The highest BCUT2D eigenvalue weighted by molar-refractivity contribution is 7.92. The lowest BCUT2D eigenvalue weighted by Crippen LogP contribution is -2.53. The lowest BCUT2D eigenvalue weighted by molar-refractivity contribution is -0.142. The highest BCUT2D eigenvalue weighted by Crippen LogP contribution is 2.21. The average molecular weight is 536 g/mol. The number of aryl methyl sites for hydroxylation is 1. The summed E-state index contributed by atoms with van der Waals surface area (Å²) in [5.41, 5.74) is 1.93. The van der Waals surface area contributed by atoms with Gasteiger partial charge in [-0.1, -0.05) is 42.8 Å². The van der Waals surface area contributed by atoms with Crippen molar-refractivity contribution in [2.45, 2.75) is 72.0 Å². The maximum atomic E-state index is 13.5. The molecule has 1 N–H and O–H groups in total. The molecule has 0 aliphatic heterocycles. The molecular formula is C27H38ClN3O4S. The van der Waals surface area contributed by atoms with Crippen molar-refractivity contribution in [3.63, 3.8) is 0 Å². The van der Waals surface area contributed by atoms with E-state index in [2.05, 4.69) is 5.32 Å². The largest absolute Gasteiger partial charge is 0.350 e. The Labute approximate surface area is 220 Å². The second-order valence-corrected chi connectivity index (χ2v) is 12.4. The number of hydrogen-bond donors (Lipinski definition) is 1. The number of hydrogen-bond acceptors (Lipinski definition) is 4. The van der Waals surface area contributed by atoms with E-state index in [4.69, 9.17) is 11.6 Å². The highest BCUT2D eigenvalue weighted by Gasteiger charge is 2.30. The van der Waals surface area contributed by atoms with Crippen molar-refractivity contribution >= 4 is 39.1 Å². The molecule has 0 unspecified atom stereocenters. The van der Waals surface area contributed by atoms with Crippen molar-refractivity contribution in [3.05, 3.63) is 64.7 Å². The van der Waals surface area contributed by atoms with E-state index in [-0.39, 0.29) is 31.3 Å². The topological polar surface area (TPSA) is 86.8 Å². The molecule has 7 nitrogen and oxygen atoms in total. The van der Waals surface area contributed by atoms with E-state index < -0.39 is 21.6 Å². The zero-order valence-electron chi connectivity index (χ0n) is 22.0. The predicted molar refractivity (Wildman–Crippen MR) is 147 cm³/mol. The third-order valence-corrected chi connectivity index (χ3v) is 7.04. The Morgan fingerprint density at radius 1 is 1.08 bits per heavy atom. The first-order chi connectivity index (χ1) is 16.7. The maximum absolute atomic E-state index is 13.5. The van der Waals surface area contributed by atoms with Gasteiger partial charge in [-0.05, 0) is 75.9 Å². The maximum Gasteiger partial charge on any atom is 0.243 e. The Morgan fingerprint density at radius 2 is 1.72 bits per heavy atom. The summed E-state index contributed by atoms with van der Waals surface area (Å²) in [6.45, 7) is 9.87. The lowest BCUT2D eigenvalue weighted by atomic mass is 10.0. The molecule has 0 bridgehead atoms. The molecule has 0 fully saturated rings. The summed E-state index contributed by atoms with van der Waals surface area (Å²) in [4.78, 5) is 28.1. The number of sulfonamides is 1. The quantitative estimate of drug-likeness (QED) is 0.442. The van der Waals surface area contributed by atoms with Gasteiger partial charge in [-0.25, -0.2) is 8.42 Å². The molecule has 2 aromatic rings. The molecule has 198 valence electrons. The van der Waals surface area contributed by atoms with Crippen LogP contribution in [0, 0.1) is 6.92 Å². The van der Waals surface area contributed by atoms with Crippen LogP contribution in [-0.4, -0.2) is 49.5 Å². The summed E-state index contributed by atoms with van der Waals surface area (Å²) >= 11 is 6.02. The Morgan fingerprint density at radius 3 is 2.25 bits per heavy atom. The molecule has 36 heavy (non-hydrogen) atoms. The first kappa shape index (κ1) is 29.6. The SMILES string of the molecule is CC[C@@H](C(=O)NC(C)(C)C)N(Cc1ccc(Cl)cc1)C(=O)CCCN(c1cccc(C)c1)S(C)(=O)=O. The number of benzene rings is 2. The number of rotatable bonds is 11. The van der Waals surface area contributed by atoms with Crippen molar-refractivity contribution in [2.24, 2.45) is 0 Å². The van der Waals surface area contributed by atoms with Gasteiger partial charge in [0.25, 0.3) is 0 Å². The van der Waals surface area contributed by atoms with Crippen LogP contribution in [-0.2, 0) is 26.2 Å². The summed E-state index contributed by atoms with van der Waals surface area (Å²) in [6.07, 6.45) is 2.02. The molecule has 0 aromatic heterocycles. The zero-order chi connectivity index (χ0) is 27.1. The Bertz CT molecular complexity index is 1140.